The molecule has 6 nitrogen and oxygen atoms in total. The van der Waals surface area contributed by atoms with Gasteiger partial charge < -0.3 is 5.11 Å². The molecule has 0 aliphatic carbocycles. The normalized spacial score (nSPS) is 8.00. The summed E-state index contributed by atoms with van der Waals surface area (Å²) in [6, 6.07) is 11.8. The number of nitrogens with one attached hydrogen (secondary N) is 1. The number of benzene rings is 1. The van der Waals surface area contributed by atoms with Gasteiger partial charge in [0.2, 0.25) is 0 Å². The molecular weight excluding hydrogens is 212 g/mol. The maximum atomic E-state index is 9.55. The van der Waals surface area contributed by atoms with E-state index in [-0.39, 0.29) is 0 Å². The van der Waals surface area contributed by atoms with E-state index in [0.29, 0.717) is 6.42 Å². The summed E-state index contributed by atoms with van der Waals surface area (Å²) in [6.45, 7) is 0. The van der Waals surface area contributed by atoms with Crippen LogP contribution in [0.1, 0.15) is 5.56 Å². The first-order chi connectivity index (χ1) is 7.61. The molecule has 0 aliphatic heterocycles. The minimum atomic E-state index is -1.71. The van der Waals surface area contributed by atoms with Crippen LogP contribution in [0.25, 0.3) is 0 Å². The number of nitriles is 1. The van der Waals surface area contributed by atoms with Gasteiger partial charge in [0, 0.05) is 0 Å². The van der Waals surface area contributed by atoms with Crippen LogP contribution in [0.2, 0.25) is 0 Å². The summed E-state index contributed by atoms with van der Waals surface area (Å²) in [6.07, 6.45) is 0.515. The molecular formula is C10H10N2O4. The number of amides is 1. The van der Waals surface area contributed by atoms with Gasteiger partial charge in [-0.1, -0.05) is 30.3 Å². The lowest BCUT2D eigenvalue weighted by molar-refractivity contribution is -0.154. The van der Waals surface area contributed by atoms with Crippen LogP contribution >= 0.6 is 0 Å². The first-order valence-corrected chi connectivity index (χ1v) is 4.20. The lowest BCUT2D eigenvalue weighted by Crippen LogP contribution is -2.27. The Morgan fingerprint density at radius 3 is 2.19 bits per heavy atom. The Morgan fingerprint density at radius 1 is 1.31 bits per heavy atom. The lowest BCUT2D eigenvalue weighted by Gasteiger charge is -1.88. The number of carbonyl (C=O) groups is 2. The van der Waals surface area contributed by atoms with Crippen molar-refractivity contribution >= 4 is 11.9 Å². The fourth-order valence-electron chi connectivity index (χ4n) is 0.735. The van der Waals surface area contributed by atoms with Crippen molar-refractivity contribution in [3.63, 3.8) is 0 Å². The van der Waals surface area contributed by atoms with E-state index in [1.807, 2.05) is 30.3 Å². The summed E-state index contributed by atoms with van der Waals surface area (Å²) in [5, 5.41) is 23.4. The minimum Gasteiger partial charge on any atom is -0.474 e. The zero-order valence-corrected chi connectivity index (χ0v) is 8.25. The van der Waals surface area contributed by atoms with Crippen LogP contribution in [0.5, 0.6) is 0 Å². The molecule has 0 aromatic heterocycles. The van der Waals surface area contributed by atoms with E-state index in [9.17, 15) is 9.59 Å². The maximum Gasteiger partial charge on any atom is 0.396 e. The van der Waals surface area contributed by atoms with Crippen molar-refractivity contribution in [2.45, 2.75) is 6.42 Å². The lowest BCUT2D eigenvalue weighted by atomic mass is 10.2. The fourth-order valence-corrected chi connectivity index (χ4v) is 0.735. The molecule has 0 atom stereocenters. The second-order valence-electron chi connectivity index (χ2n) is 2.57. The molecule has 1 aromatic carbocycles. The van der Waals surface area contributed by atoms with E-state index in [2.05, 4.69) is 6.07 Å². The Labute approximate surface area is 91.7 Å². The van der Waals surface area contributed by atoms with Crippen LogP contribution in [-0.4, -0.2) is 22.2 Å². The Hall–Kier alpha value is -2.39. The van der Waals surface area contributed by atoms with Gasteiger partial charge in [-0.15, -0.1) is 0 Å². The molecule has 0 spiro atoms. The van der Waals surface area contributed by atoms with Gasteiger partial charge in [0.05, 0.1) is 12.5 Å². The SMILES string of the molecule is N#CCc1ccccc1.O=C(O)C(=O)NO. The molecule has 3 N–H and O–H groups in total. The molecule has 0 radical (unpaired) electrons. The van der Waals surface area contributed by atoms with Crippen LogP contribution in [0.15, 0.2) is 30.3 Å². The summed E-state index contributed by atoms with van der Waals surface area (Å²) < 4.78 is 0. The van der Waals surface area contributed by atoms with Gasteiger partial charge in [-0.25, -0.2) is 10.3 Å². The van der Waals surface area contributed by atoms with Crippen molar-refractivity contribution in [1.29, 1.82) is 5.26 Å². The van der Waals surface area contributed by atoms with Gasteiger partial charge in [-0.3, -0.25) is 10.0 Å². The van der Waals surface area contributed by atoms with E-state index in [4.69, 9.17) is 15.6 Å². The Kier molecular flexibility index (Phi) is 6.77. The van der Waals surface area contributed by atoms with Crippen molar-refractivity contribution in [2.24, 2.45) is 0 Å². The van der Waals surface area contributed by atoms with E-state index >= 15 is 0 Å². The monoisotopic (exact) mass is 222 g/mol. The molecule has 0 saturated carbocycles. The number of rotatable bonds is 1. The van der Waals surface area contributed by atoms with Crippen LogP contribution in [0.3, 0.4) is 0 Å². The van der Waals surface area contributed by atoms with Crippen LogP contribution in [0, 0.1) is 11.3 Å². The summed E-state index contributed by atoms with van der Waals surface area (Å²) in [5.74, 6) is -3.14. The highest BCUT2D eigenvalue weighted by molar-refractivity contribution is 6.31. The fraction of sp³-hybridized carbons (Fsp3) is 0.100. The molecule has 0 fully saturated rings. The number of carbonyl (C=O) groups excluding carboxylic acids is 1. The molecule has 84 valence electrons. The molecule has 1 amide bonds. The van der Waals surface area contributed by atoms with Gasteiger partial charge in [-0.05, 0) is 5.56 Å². The van der Waals surface area contributed by atoms with Crippen molar-refractivity contribution in [2.75, 3.05) is 0 Å². The summed E-state index contributed by atoms with van der Waals surface area (Å²) in [4.78, 5) is 18.9. The van der Waals surface area contributed by atoms with Crippen LogP contribution in [0.4, 0.5) is 0 Å². The number of aliphatic carboxylic acids is 1. The Morgan fingerprint density at radius 2 is 1.88 bits per heavy atom. The standard InChI is InChI=1S/C8H7N.C2H3NO4/c9-7-6-8-4-2-1-3-5-8;4-1(3-7)2(5)6/h1-5H,6H2;7H,(H,3,4)(H,5,6). The van der Waals surface area contributed by atoms with Gasteiger partial charge in [0.15, 0.2) is 0 Å². The highest BCUT2D eigenvalue weighted by Gasteiger charge is 2.06. The highest BCUT2D eigenvalue weighted by Crippen LogP contribution is 1.96. The number of nitrogens with zero attached hydrogens (tertiary/aromatic N) is 1. The molecule has 6 heteroatoms. The zero-order valence-electron chi connectivity index (χ0n) is 8.25. The van der Waals surface area contributed by atoms with Crippen LogP contribution in [-0.2, 0) is 16.0 Å². The van der Waals surface area contributed by atoms with Gasteiger partial charge >= 0.3 is 11.9 Å². The molecule has 0 bridgehead atoms. The zero-order chi connectivity index (χ0) is 12.4. The molecule has 0 heterocycles. The van der Waals surface area contributed by atoms with Gasteiger partial charge in [-0.2, -0.15) is 5.26 Å². The predicted molar refractivity (Wildman–Crippen MR) is 53.3 cm³/mol. The highest BCUT2D eigenvalue weighted by atomic mass is 16.5. The van der Waals surface area contributed by atoms with E-state index in [0.717, 1.165) is 11.0 Å². The third-order valence-electron chi connectivity index (χ3n) is 1.42. The second kappa shape index (κ2) is 7.96. The third-order valence-corrected chi connectivity index (χ3v) is 1.42. The van der Waals surface area contributed by atoms with Crippen LogP contribution < -0.4 is 5.48 Å². The smallest absolute Gasteiger partial charge is 0.396 e. The van der Waals surface area contributed by atoms with Gasteiger partial charge in [0.25, 0.3) is 0 Å². The van der Waals surface area contributed by atoms with E-state index < -0.39 is 11.9 Å². The molecule has 1 aromatic rings. The summed E-state index contributed by atoms with van der Waals surface area (Å²) >= 11 is 0. The second-order valence-corrected chi connectivity index (χ2v) is 2.57. The molecule has 1 rings (SSSR count). The average Bonchev–Trinajstić information content (AvgIpc) is 2.30. The number of carboxylic acid groups (broad SMARTS) is 1. The third kappa shape index (κ3) is 6.12. The number of hydrogen-bond acceptors (Lipinski definition) is 4. The first-order valence-electron chi connectivity index (χ1n) is 4.20. The number of hydroxylamine groups is 1. The van der Waals surface area contributed by atoms with Crippen molar-refractivity contribution in [1.82, 2.24) is 5.48 Å². The molecule has 16 heavy (non-hydrogen) atoms. The summed E-state index contributed by atoms with van der Waals surface area (Å²) in [7, 11) is 0. The minimum absolute atomic E-state index is 0.515. The Bertz CT molecular complexity index is 384. The quantitative estimate of drug-likeness (QED) is 0.360. The number of hydrogen-bond donors (Lipinski definition) is 3. The summed E-state index contributed by atoms with van der Waals surface area (Å²) in [5.41, 5.74) is 2.01. The van der Waals surface area contributed by atoms with Crippen molar-refractivity contribution in [3.05, 3.63) is 35.9 Å². The number of carboxylic acids is 1. The Balaban J connectivity index is 0.000000293. The maximum absolute atomic E-state index is 9.55. The van der Waals surface area contributed by atoms with E-state index in [1.54, 1.807) is 0 Å². The molecule has 0 unspecified atom stereocenters. The van der Waals surface area contributed by atoms with Crippen molar-refractivity contribution in [3.8, 4) is 6.07 Å². The van der Waals surface area contributed by atoms with Gasteiger partial charge in [0.1, 0.15) is 0 Å². The van der Waals surface area contributed by atoms with Crippen molar-refractivity contribution < 1.29 is 19.9 Å². The van der Waals surface area contributed by atoms with E-state index in [1.165, 1.54) is 0 Å². The average molecular weight is 222 g/mol. The molecule has 0 aliphatic rings. The predicted octanol–water partition coefficient (Wildman–Crippen LogP) is 0.329. The first kappa shape index (κ1) is 13.6. The molecule has 0 saturated heterocycles. The topological polar surface area (TPSA) is 110 Å². The largest absolute Gasteiger partial charge is 0.474 e.